The molecule has 0 unspecified atom stereocenters. The van der Waals surface area contributed by atoms with Crippen LogP contribution in [0.15, 0.2) is 39.7 Å². The minimum absolute atomic E-state index is 0.248. The first-order valence-electron chi connectivity index (χ1n) is 4.87. The minimum Gasteiger partial charge on any atom is -0.460 e. The fourth-order valence-corrected chi connectivity index (χ4v) is 1.68. The van der Waals surface area contributed by atoms with Crippen LogP contribution < -0.4 is 5.32 Å². The zero-order valence-corrected chi connectivity index (χ0v) is 10.2. The van der Waals surface area contributed by atoms with Crippen molar-refractivity contribution in [2.24, 2.45) is 0 Å². The Bertz CT molecular complexity index is 521. The minimum atomic E-state index is -0.248. The summed E-state index contributed by atoms with van der Waals surface area (Å²) in [4.78, 5) is 0. The molecule has 0 aliphatic heterocycles. The van der Waals surface area contributed by atoms with Gasteiger partial charge in [-0.15, -0.1) is 0 Å². The molecule has 0 aliphatic carbocycles. The summed E-state index contributed by atoms with van der Waals surface area (Å²) in [5.41, 5.74) is 0.705. The number of rotatable bonds is 4. The number of nitrogens with one attached hydrogen (secondary N) is 1. The molecule has 2 aromatic rings. The molecule has 0 radical (unpaired) electrons. The molecule has 1 aromatic carbocycles. The van der Waals surface area contributed by atoms with Crippen molar-refractivity contribution in [2.75, 3.05) is 6.54 Å². The highest BCUT2D eigenvalue weighted by molar-refractivity contribution is 9.11. The van der Waals surface area contributed by atoms with Crippen LogP contribution in [0.4, 0.5) is 4.39 Å². The second kappa shape index (κ2) is 4.80. The van der Waals surface area contributed by atoms with Crippen LogP contribution in [0.3, 0.4) is 0 Å². The second-order valence-electron chi connectivity index (χ2n) is 3.52. The Morgan fingerprint density at radius 1 is 1.44 bits per heavy atom. The van der Waals surface area contributed by atoms with Gasteiger partial charge in [0.2, 0.25) is 0 Å². The summed E-state index contributed by atoms with van der Waals surface area (Å²) in [6, 6.07) is 6.33. The van der Waals surface area contributed by atoms with E-state index in [1.54, 1.807) is 6.07 Å². The Kier molecular flexibility index (Phi) is 3.41. The van der Waals surface area contributed by atoms with Gasteiger partial charge in [0.25, 0.3) is 0 Å². The van der Waals surface area contributed by atoms with Crippen molar-refractivity contribution < 1.29 is 8.81 Å². The number of fused-ring (bicyclic) bond motifs is 1. The summed E-state index contributed by atoms with van der Waals surface area (Å²) >= 11 is 3.25. The molecule has 0 atom stereocenters. The molecule has 1 heterocycles. The van der Waals surface area contributed by atoms with Gasteiger partial charge in [0, 0.05) is 16.4 Å². The summed E-state index contributed by atoms with van der Waals surface area (Å²) in [6.07, 6.45) is 0. The normalized spacial score (nSPS) is 10.9. The van der Waals surface area contributed by atoms with E-state index >= 15 is 0 Å². The lowest BCUT2D eigenvalue weighted by molar-refractivity contribution is 0.523. The number of furan rings is 1. The van der Waals surface area contributed by atoms with Gasteiger partial charge in [-0.1, -0.05) is 22.5 Å². The molecule has 1 N–H and O–H groups in total. The summed E-state index contributed by atoms with van der Waals surface area (Å²) in [5.74, 6) is 0.538. The van der Waals surface area contributed by atoms with Crippen LogP contribution in [0.5, 0.6) is 0 Å². The largest absolute Gasteiger partial charge is 0.460 e. The van der Waals surface area contributed by atoms with Crippen molar-refractivity contribution in [1.29, 1.82) is 0 Å². The summed E-state index contributed by atoms with van der Waals surface area (Å²) in [5, 5.41) is 3.93. The van der Waals surface area contributed by atoms with Crippen LogP contribution in [-0.4, -0.2) is 6.54 Å². The molecule has 0 spiro atoms. The molecule has 0 bridgehead atoms. The van der Waals surface area contributed by atoms with Gasteiger partial charge in [-0.2, -0.15) is 0 Å². The number of hydrogen-bond donors (Lipinski definition) is 1. The molecule has 0 amide bonds. The third kappa shape index (κ3) is 2.71. The first-order chi connectivity index (χ1) is 7.65. The fraction of sp³-hybridized carbons (Fsp3) is 0.167. The van der Waals surface area contributed by atoms with Gasteiger partial charge in [-0.25, -0.2) is 4.39 Å². The van der Waals surface area contributed by atoms with E-state index in [0.29, 0.717) is 18.7 Å². The van der Waals surface area contributed by atoms with E-state index in [9.17, 15) is 4.39 Å². The van der Waals surface area contributed by atoms with E-state index in [1.165, 1.54) is 12.1 Å². The second-order valence-corrected chi connectivity index (χ2v) is 4.64. The van der Waals surface area contributed by atoms with E-state index in [2.05, 4.69) is 27.8 Å². The predicted octanol–water partition coefficient (Wildman–Crippen LogP) is 3.57. The van der Waals surface area contributed by atoms with Gasteiger partial charge in [-0.3, -0.25) is 0 Å². The van der Waals surface area contributed by atoms with Crippen molar-refractivity contribution in [1.82, 2.24) is 5.32 Å². The van der Waals surface area contributed by atoms with Crippen LogP contribution >= 0.6 is 15.9 Å². The van der Waals surface area contributed by atoms with Gasteiger partial charge in [0.05, 0.1) is 6.54 Å². The highest BCUT2D eigenvalue weighted by Crippen LogP contribution is 2.20. The maximum absolute atomic E-state index is 12.9. The highest BCUT2D eigenvalue weighted by Gasteiger charge is 2.04. The number of hydrogen-bond acceptors (Lipinski definition) is 2. The summed E-state index contributed by atoms with van der Waals surface area (Å²) in [7, 11) is 0. The van der Waals surface area contributed by atoms with E-state index in [0.717, 1.165) is 15.6 Å². The van der Waals surface area contributed by atoms with E-state index < -0.39 is 0 Å². The smallest absolute Gasteiger partial charge is 0.134 e. The molecular weight excluding hydrogens is 273 g/mol. The van der Waals surface area contributed by atoms with Crippen LogP contribution in [0.25, 0.3) is 11.0 Å². The van der Waals surface area contributed by atoms with Crippen molar-refractivity contribution >= 4 is 26.9 Å². The molecule has 2 nitrogen and oxygen atoms in total. The monoisotopic (exact) mass is 283 g/mol. The molecule has 1 aromatic heterocycles. The summed E-state index contributed by atoms with van der Waals surface area (Å²) in [6.45, 7) is 4.98. The van der Waals surface area contributed by atoms with Crippen molar-refractivity contribution in [3.8, 4) is 0 Å². The molecule has 0 fully saturated rings. The number of benzene rings is 1. The zero-order valence-electron chi connectivity index (χ0n) is 8.59. The SMILES string of the molecule is C=C(Br)CNCc1cc2cc(F)ccc2o1. The van der Waals surface area contributed by atoms with Gasteiger partial charge >= 0.3 is 0 Å². The van der Waals surface area contributed by atoms with E-state index in [4.69, 9.17) is 4.42 Å². The zero-order chi connectivity index (χ0) is 11.5. The van der Waals surface area contributed by atoms with Crippen molar-refractivity contribution in [3.05, 3.63) is 46.9 Å². The summed E-state index contributed by atoms with van der Waals surface area (Å²) < 4.78 is 19.3. The lowest BCUT2D eigenvalue weighted by Crippen LogP contribution is -2.13. The standard InChI is InChI=1S/C12H11BrFNO/c1-8(13)6-15-7-11-5-9-4-10(14)2-3-12(9)16-11/h2-5,15H,1,6-7H2. The topological polar surface area (TPSA) is 25.2 Å². The molecule has 2 rings (SSSR count). The van der Waals surface area contributed by atoms with Crippen LogP contribution in [0, 0.1) is 5.82 Å². The van der Waals surface area contributed by atoms with E-state index in [-0.39, 0.29) is 5.82 Å². The Hall–Kier alpha value is -1.13. The van der Waals surface area contributed by atoms with Gasteiger partial charge in [0.1, 0.15) is 17.2 Å². The third-order valence-electron chi connectivity index (χ3n) is 2.15. The quantitative estimate of drug-likeness (QED) is 0.928. The van der Waals surface area contributed by atoms with E-state index in [1.807, 2.05) is 6.07 Å². The van der Waals surface area contributed by atoms with Gasteiger partial charge in [-0.05, 0) is 24.3 Å². The molecular formula is C12H11BrFNO. The molecule has 16 heavy (non-hydrogen) atoms. The Balaban J connectivity index is 2.10. The number of halogens is 2. The third-order valence-corrected chi connectivity index (χ3v) is 2.43. The molecule has 84 valence electrons. The predicted molar refractivity (Wildman–Crippen MR) is 65.9 cm³/mol. The lowest BCUT2D eigenvalue weighted by Gasteiger charge is -1.99. The molecule has 0 aliphatic rings. The van der Waals surface area contributed by atoms with Crippen molar-refractivity contribution in [3.63, 3.8) is 0 Å². The Labute approximate surface area is 101 Å². The van der Waals surface area contributed by atoms with Gasteiger partial charge in [0.15, 0.2) is 0 Å². The molecule has 4 heteroatoms. The Morgan fingerprint density at radius 2 is 2.25 bits per heavy atom. The Morgan fingerprint density at radius 3 is 3.00 bits per heavy atom. The highest BCUT2D eigenvalue weighted by atomic mass is 79.9. The average molecular weight is 284 g/mol. The maximum Gasteiger partial charge on any atom is 0.134 e. The van der Waals surface area contributed by atoms with Crippen LogP contribution in [-0.2, 0) is 6.54 Å². The average Bonchev–Trinajstić information content (AvgIpc) is 2.58. The molecule has 0 saturated heterocycles. The van der Waals surface area contributed by atoms with Gasteiger partial charge < -0.3 is 9.73 Å². The van der Waals surface area contributed by atoms with Crippen LogP contribution in [0.1, 0.15) is 5.76 Å². The first-order valence-corrected chi connectivity index (χ1v) is 5.66. The van der Waals surface area contributed by atoms with Crippen LogP contribution in [0.2, 0.25) is 0 Å². The van der Waals surface area contributed by atoms with Crippen molar-refractivity contribution in [2.45, 2.75) is 6.54 Å². The lowest BCUT2D eigenvalue weighted by atomic mass is 10.2. The first kappa shape index (κ1) is 11.4. The fourth-order valence-electron chi connectivity index (χ4n) is 1.48. The maximum atomic E-state index is 12.9. The molecule has 0 saturated carbocycles.